The molecule has 0 radical (unpaired) electrons. The van der Waals surface area contributed by atoms with Crippen molar-refractivity contribution in [2.75, 3.05) is 24.6 Å². The monoisotopic (exact) mass is 424 g/mol. The van der Waals surface area contributed by atoms with Gasteiger partial charge in [0, 0.05) is 24.5 Å². The lowest BCUT2D eigenvalue weighted by Crippen LogP contribution is -2.48. The van der Waals surface area contributed by atoms with E-state index in [-0.39, 0.29) is 28.5 Å². The fourth-order valence-electron chi connectivity index (χ4n) is 3.93. The number of hydrogen-bond acceptors (Lipinski definition) is 6. The Morgan fingerprint density at radius 2 is 1.79 bits per heavy atom. The summed E-state index contributed by atoms with van der Waals surface area (Å²) >= 11 is 0. The Hall–Kier alpha value is -1.75. The van der Waals surface area contributed by atoms with Crippen LogP contribution in [0.2, 0.25) is 0 Å². The lowest BCUT2D eigenvalue weighted by molar-refractivity contribution is 0.161. The maximum atomic E-state index is 12.7. The summed E-state index contributed by atoms with van der Waals surface area (Å²) in [6.07, 6.45) is 5.51. The van der Waals surface area contributed by atoms with Gasteiger partial charge in [-0.1, -0.05) is 0 Å². The maximum Gasteiger partial charge on any atom is 0.240 e. The van der Waals surface area contributed by atoms with Crippen LogP contribution in [0.5, 0.6) is 0 Å². The van der Waals surface area contributed by atoms with E-state index in [9.17, 15) is 16.8 Å². The Labute approximate surface area is 165 Å². The first-order valence-corrected chi connectivity index (χ1v) is 12.7. The van der Waals surface area contributed by atoms with Crippen LogP contribution in [0.1, 0.15) is 19.3 Å². The molecule has 0 spiro atoms. The van der Waals surface area contributed by atoms with Crippen LogP contribution in [0.4, 0.5) is 0 Å². The number of hydrogen-bond donors (Lipinski definition) is 1. The Kier molecular flexibility index (Phi) is 5.30. The lowest BCUT2D eigenvalue weighted by atomic mass is 10.0. The molecule has 2 fully saturated rings. The van der Waals surface area contributed by atoms with E-state index in [1.807, 2.05) is 0 Å². The van der Waals surface area contributed by atoms with E-state index in [1.54, 1.807) is 47.4 Å². The predicted molar refractivity (Wildman–Crippen MR) is 106 cm³/mol. The standard InChI is InChI=1S/C18H24N4O4S2/c23-27(24)13-8-17(14-27)21-11-6-15(7-12-21)20-28(25,26)18-4-2-16(3-5-18)22-10-1-9-19-22/h1-5,9-10,15,17,20H,6-8,11-14H2/t17-/m1/s1. The highest BCUT2D eigenvalue weighted by Crippen LogP contribution is 2.23. The summed E-state index contributed by atoms with van der Waals surface area (Å²) in [5, 5.41) is 4.13. The van der Waals surface area contributed by atoms with E-state index < -0.39 is 19.9 Å². The summed E-state index contributed by atoms with van der Waals surface area (Å²) in [4.78, 5) is 2.42. The van der Waals surface area contributed by atoms with E-state index in [0.717, 1.165) is 5.69 Å². The number of nitrogens with zero attached hydrogens (tertiary/aromatic N) is 3. The quantitative estimate of drug-likeness (QED) is 0.762. The Morgan fingerprint density at radius 3 is 2.36 bits per heavy atom. The zero-order valence-corrected chi connectivity index (χ0v) is 17.1. The van der Waals surface area contributed by atoms with Gasteiger partial charge in [0.2, 0.25) is 10.0 Å². The first-order valence-electron chi connectivity index (χ1n) is 9.39. The van der Waals surface area contributed by atoms with Crippen molar-refractivity contribution >= 4 is 19.9 Å². The van der Waals surface area contributed by atoms with Crippen molar-refractivity contribution in [3.63, 3.8) is 0 Å². The molecular weight excluding hydrogens is 400 g/mol. The van der Waals surface area contributed by atoms with Crippen LogP contribution in [0.25, 0.3) is 5.69 Å². The average Bonchev–Trinajstić information content (AvgIpc) is 3.32. The topological polar surface area (TPSA) is 101 Å². The minimum atomic E-state index is -3.59. The first-order chi connectivity index (χ1) is 13.3. The molecule has 152 valence electrons. The predicted octanol–water partition coefficient (Wildman–Crippen LogP) is 0.802. The Morgan fingerprint density at radius 1 is 1.07 bits per heavy atom. The van der Waals surface area contributed by atoms with Gasteiger partial charge in [-0.25, -0.2) is 26.2 Å². The fraction of sp³-hybridized carbons (Fsp3) is 0.500. The second-order valence-corrected chi connectivity index (χ2v) is 11.4. The number of nitrogens with one attached hydrogen (secondary N) is 1. The van der Waals surface area contributed by atoms with E-state index in [2.05, 4.69) is 14.7 Å². The molecule has 0 saturated carbocycles. The van der Waals surface area contributed by atoms with Crippen molar-refractivity contribution in [2.24, 2.45) is 0 Å². The van der Waals surface area contributed by atoms with E-state index in [0.29, 0.717) is 32.4 Å². The van der Waals surface area contributed by atoms with Crippen molar-refractivity contribution in [3.05, 3.63) is 42.7 Å². The first kappa shape index (κ1) is 19.6. The number of aromatic nitrogens is 2. The molecule has 2 aliphatic heterocycles. The zero-order valence-electron chi connectivity index (χ0n) is 15.4. The van der Waals surface area contributed by atoms with E-state index >= 15 is 0 Å². The Bertz CT molecular complexity index is 1010. The van der Waals surface area contributed by atoms with Crippen molar-refractivity contribution in [1.82, 2.24) is 19.4 Å². The molecule has 8 nitrogen and oxygen atoms in total. The summed E-state index contributed by atoms with van der Waals surface area (Å²) in [5.74, 6) is 0.491. The van der Waals surface area contributed by atoms with Crippen LogP contribution in [0.15, 0.2) is 47.6 Å². The van der Waals surface area contributed by atoms with Crippen molar-refractivity contribution in [3.8, 4) is 5.69 Å². The number of rotatable bonds is 5. The number of piperidine rings is 1. The molecule has 10 heteroatoms. The van der Waals surface area contributed by atoms with Gasteiger partial charge in [-0.15, -0.1) is 0 Å². The molecular formula is C18H24N4O4S2. The van der Waals surface area contributed by atoms with Crippen LogP contribution >= 0.6 is 0 Å². The summed E-state index contributed by atoms with van der Waals surface area (Å²) < 4.78 is 53.2. The second-order valence-electron chi connectivity index (χ2n) is 7.43. The van der Waals surface area contributed by atoms with Crippen LogP contribution in [-0.2, 0) is 19.9 Å². The molecule has 0 unspecified atom stereocenters. The molecule has 28 heavy (non-hydrogen) atoms. The van der Waals surface area contributed by atoms with Gasteiger partial charge < -0.3 is 0 Å². The third-order valence-electron chi connectivity index (χ3n) is 5.49. The van der Waals surface area contributed by atoms with E-state index in [4.69, 9.17) is 0 Å². The fourth-order valence-corrected chi connectivity index (χ4v) is 7.00. The number of benzene rings is 1. The molecule has 4 rings (SSSR count). The SMILES string of the molecule is O=S1(=O)CC[C@@H](N2CCC(NS(=O)(=O)c3ccc(-n4cccn4)cc3)CC2)C1. The minimum Gasteiger partial charge on any atom is -0.299 e. The van der Waals surface area contributed by atoms with Crippen LogP contribution in [-0.4, -0.2) is 68.2 Å². The van der Waals surface area contributed by atoms with Gasteiger partial charge in [0.05, 0.1) is 22.1 Å². The van der Waals surface area contributed by atoms with Crippen molar-refractivity contribution < 1.29 is 16.8 Å². The molecule has 2 aliphatic rings. The third-order valence-corrected chi connectivity index (χ3v) is 8.78. The normalized spacial score (nSPS) is 23.8. The van der Waals surface area contributed by atoms with Gasteiger partial charge in [0.25, 0.3) is 0 Å². The van der Waals surface area contributed by atoms with E-state index in [1.165, 1.54) is 0 Å². The van der Waals surface area contributed by atoms with Gasteiger partial charge in [0.1, 0.15) is 0 Å². The number of sulfonamides is 1. The lowest BCUT2D eigenvalue weighted by Gasteiger charge is -2.35. The molecule has 0 aliphatic carbocycles. The van der Waals surface area contributed by atoms with Crippen LogP contribution in [0.3, 0.4) is 0 Å². The smallest absolute Gasteiger partial charge is 0.240 e. The molecule has 2 aromatic rings. The highest BCUT2D eigenvalue weighted by Gasteiger charge is 2.34. The zero-order chi connectivity index (χ0) is 19.8. The summed E-state index contributed by atoms with van der Waals surface area (Å²) in [5.41, 5.74) is 0.795. The van der Waals surface area contributed by atoms with Crippen LogP contribution in [0, 0.1) is 0 Å². The van der Waals surface area contributed by atoms with Gasteiger partial charge >= 0.3 is 0 Å². The van der Waals surface area contributed by atoms with Crippen molar-refractivity contribution in [2.45, 2.75) is 36.2 Å². The second kappa shape index (κ2) is 7.58. The molecule has 2 saturated heterocycles. The third kappa shape index (κ3) is 4.29. The van der Waals surface area contributed by atoms with Gasteiger partial charge in [-0.05, 0) is 62.7 Å². The highest BCUT2D eigenvalue weighted by molar-refractivity contribution is 7.91. The molecule has 1 N–H and O–H groups in total. The largest absolute Gasteiger partial charge is 0.299 e. The molecule has 1 aromatic heterocycles. The highest BCUT2D eigenvalue weighted by atomic mass is 32.2. The van der Waals surface area contributed by atoms with Crippen molar-refractivity contribution in [1.29, 1.82) is 0 Å². The summed E-state index contributed by atoms with van der Waals surface area (Å²) in [7, 11) is -6.50. The molecule has 3 heterocycles. The molecule has 1 atom stereocenters. The molecule has 0 amide bonds. The van der Waals surface area contributed by atoms with Gasteiger partial charge in [-0.3, -0.25) is 4.90 Å². The average molecular weight is 425 g/mol. The van der Waals surface area contributed by atoms with Crippen LogP contribution < -0.4 is 4.72 Å². The maximum absolute atomic E-state index is 12.7. The minimum absolute atomic E-state index is 0.0809. The Balaban J connectivity index is 1.35. The summed E-state index contributed by atoms with van der Waals surface area (Å²) in [6, 6.07) is 8.37. The van der Waals surface area contributed by atoms with Gasteiger partial charge in [0.15, 0.2) is 9.84 Å². The summed E-state index contributed by atoms with van der Waals surface area (Å²) in [6.45, 7) is 1.43. The molecule has 1 aromatic carbocycles. The number of likely N-dealkylation sites (tertiary alicyclic amines) is 1. The molecule has 0 bridgehead atoms. The van der Waals surface area contributed by atoms with Gasteiger partial charge in [-0.2, -0.15) is 5.10 Å². The number of sulfone groups is 1.